The third-order valence-electron chi connectivity index (χ3n) is 4.55. The van der Waals surface area contributed by atoms with E-state index in [1.807, 2.05) is 53.7 Å². The van der Waals surface area contributed by atoms with E-state index in [0.717, 1.165) is 18.4 Å². The standard InChI is InChI=1S/C24H38O5/c1-8-9-15-24(21(27)29-23(5,6)7,16-14-20(26)28-22(2,3)4)17-18-10-12-19(25)13-11-18/h10-13,25H,8-9,14-17H2,1-7H3. The second-order valence-corrected chi connectivity index (χ2v) is 9.82. The fourth-order valence-corrected chi connectivity index (χ4v) is 3.22. The number of carbonyl (C=O) groups excluding carboxylic acids is 2. The topological polar surface area (TPSA) is 72.8 Å². The quantitative estimate of drug-likeness (QED) is 0.542. The molecule has 1 unspecified atom stereocenters. The molecule has 0 bridgehead atoms. The van der Waals surface area contributed by atoms with Crippen molar-refractivity contribution in [2.24, 2.45) is 5.41 Å². The van der Waals surface area contributed by atoms with Crippen molar-refractivity contribution < 1.29 is 24.2 Å². The van der Waals surface area contributed by atoms with E-state index >= 15 is 0 Å². The molecule has 1 N–H and O–H groups in total. The fraction of sp³-hybridized carbons (Fsp3) is 0.667. The Labute approximate surface area is 175 Å². The van der Waals surface area contributed by atoms with Gasteiger partial charge in [0.2, 0.25) is 0 Å². The number of hydrogen-bond donors (Lipinski definition) is 1. The summed E-state index contributed by atoms with van der Waals surface area (Å²) in [5, 5.41) is 9.59. The van der Waals surface area contributed by atoms with Gasteiger partial charge in [-0.1, -0.05) is 31.9 Å². The molecule has 0 aliphatic carbocycles. The van der Waals surface area contributed by atoms with E-state index in [-0.39, 0.29) is 24.1 Å². The SMILES string of the molecule is CCCCC(CCC(=O)OC(C)(C)C)(Cc1ccc(O)cc1)C(=O)OC(C)(C)C. The molecule has 1 rings (SSSR count). The summed E-state index contributed by atoms with van der Waals surface area (Å²) in [4.78, 5) is 25.7. The normalized spacial score (nSPS) is 14.2. The van der Waals surface area contributed by atoms with Crippen LogP contribution >= 0.6 is 0 Å². The molecule has 29 heavy (non-hydrogen) atoms. The molecule has 1 atom stereocenters. The van der Waals surface area contributed by atoms with Crippen LogP contribution in [0.15, 0.2) is 24.3 Å². The van der Waals surface area contributed by atoms with E-state index in [0.29, 0.717) is 19.3 Å². The zero-order valence-corrected chi connectivity index (χ0v) is 19.1. The first-order chi connectivity index (χ1) is 13.3. The molecule has 164 valence electrons. The van der Waals surface area contributed by atoms with Gasteiger partial charge < -0.3 is 14.6 Å². The highest BCUT2D eigenvalue weighted by Gasteiger charge is 2.41. The van der Waals surface area contributed by atoms with E-state index in [2.05, 4.69) is 6.92 Å². The summed E-state index contributed by atoms with van der Waals surface area (Å²) >= 11 is 0. The predicted molar refractivity (Wildman–Crippen MR) is 115 cm³/mol. The van der Waals surface area contributed by atoms with Gasteiger partial charge in [-0.05, 0) is 78.5 Å². The number of ether oxygens (including phenoxy) is 2. The molecule has 5 heteroatoms. The second-order valence-electron chi connectivity index (χ2n) is 9.82. The number of carbonyl (C=O) groups is 2. The van der Waals surface area contributed by atoms with Gasteiger partial charge in [-0.15, -0.1) is 0 Å². The lowest BCUT2D eigenvalue weighted by molar-refractivity contribution is -0.170. The lowest BCUT2D eigenvalue weighted by Crippen LogP contribution is -2.40. The summed E-state index contributed by atoms with van der Waals surface area (Å²) < 4.78 is 11.2. The summed E-state index contributed by atoms with van der Waals surface area (Å²) in [6.45, 7) is 13.1. The highest BCUT2D eigenvalue weighted by atomic mass is 16.6. The van der Waals surface area contributed by atoms with Crippen molar-refractivity contribution in [2.45, 2.75) is 98.2 Å². The molecular weight excluding hydrogens is 368 g/mol. The summed E-state index contributed by atoms with van der Waals surface area (Å²) in [6, 6.07) is 6.85. The van der Waals surface area contributed by atoms with Crippen LogP contribution in [0.5, 0.6) is 5.75 Å². The third kappa shape index (κ3) is 9.33. The molecule has 0 saturated heterocycles. The van der Waals surface area contributed by atoms with Crippen molar-refractivity contribution in [3.8, 4) is 5.75 Å². The molecule has 0 amide bonds. The largest absolute Gasteiger partial charge is 0.508 e. The van der Waals surface area contributed by atoms with Crippen molar-refractivity contribution in [3.05, 3.63) is 29.8 Å². The zero-order valence-electron chi connectivity index (χ0n) is 19.1. The van der Waals surface area contributed by atoms with Gasteiger partial charge in [0.05, 0.1) is 5.41 Å². The van der Waals surface area contributed by atoms with Crippen LogP contribution in [0.1, 0.15) is 86.1 Å². The Hall–Kier alpha value is -2.04. The molecular formula is C24H38O5. The van der Waals surface area contributed by atoms with Crippen molar-refractivity contribution in [1.82, 2.24) is 0 Å². The first-order valence-electron chi connectivity index (χ1n) is 10.5. The number of hydrogen-bond acceptors (Lipinski definition) is 5. The average molecular weight is 407 g/mol. The Morgan fingerprint density at radius 3 is 1.93 bits per heavy atom. The molecule has 0 radical (unpaired) electrons. The van der Waals surface area contributed by atoms with Gasteiger partial charge in [-0.2, -0.15) is 0 Å². The minimum atomic E-state index is -0.822. The van der Waals surface area contributed by atoms with Crippen molar-refractivity contribution in [1.29, 1.82) is 0 Å². The summed E-state index contributed by atoms with van der Waals surface area (Å²) in [6.07, 6.45) is 3.38. The Bertz CT molecular complexity index is 664. The maximum atomic E-state index is 13.3. The maximum Gasteiger partial charge on any atom is 0.312 e. The van der Waals surface area contributed by atoms with Gasteiger partial charge in [0.25, 0.3) is 0 Å². The Balaban J connectivity index is 3.18. The molecule has 1 aromatic carbocycles. The second kappa shape index (κ2) is 10.1. The number of esters is 2. The van der Waals surface area contributed by atoms with Crippen LogP contribution in [0.4, 0.5) is 0 Å². The number of phenols is 1. The molecule has 0 aliphatic rings. The van der Waals surface area contributed by atoms with Gasteiger partial charge in [0.1, 0.15) is 17.0 Å². The lowest BCUT2D eigenvalue weighted by atomic mass is 9.73. The van der Waals surface area contributed by atoms with Gasteiger partial charge in [0.15, 0.2) is 0 Å². The summed E-state index contributed by atoms with van der Waals surface area (Å²) in [5.41, 5.74) is -1.08. The zero-order chi connectivity index (χ0) is 22.3. The molecule has 0 aliphatic heterocycles. The van der Waals surface area contributed by atoms with Crippen LogP contribution in [-0.4, -0.2) is 28.2 Å². The minimum absolute atomic E-state index is 0.151. The Morgan fingerprint density at radius 1 is 0.897 bits per heavy atom. The van der Waals surface area contributed by atoms with E-state index in [9.17, 15) is 14.7 Å². The van der Waals surface area contributed by atoms with Crippen LogP contribution in [0.25, 0.3) is 0 Å². The number of aromatic hydroxyl groups is 1. The van der Waals surface area contributed by atoms with Crippen LogP contribution in [0, 0.1) is 5.41 Å². The summed E-state index contributed by atoms with van der Waals surface area (Å²) in [5.74, 6) is -0.415. The molecule has 5 nitrogen and oxygen atoms in total. The smallest absolute Gasteiger partial charge is 0.312 e. The predicted octanol–water partition coefficient (Wildman–Crippen LogP) is 5.57. The van der Waals surface area contributed by atoms with E-state index in [4.69, 9.17) is 9.47 Å². The van der Waals surface area contributed by atoms with Crippen LogP contribution in [0.3, 0.4) is 0 Å². The fourth-order valence-electron chi connectivity index (χ4n) is 3.22. The van der Waals surface area contributed by atoms with Crippen LogP contribution in [0.2, 0.25) is 0 Å². The monoisotopic (exact) mass is 406 g/mol. The highest BCUT2D eigenvalue weighted by molar-refractivity contribution is 5.79. The van der Waals surface area contributed by atoms with Crippen LogP contribution < -0.4 is 0 Å². The Morgan fingerprint density at radius 2 is 1.45 bits per heavy atom. The van der Waals surface area contributed by atoms with Gasteiger partial charge in [-0.3, -0.25) is 9.59 Å². The minimum Gasteiger partial charge on any atom is -0.508 e. The van der Waals surface area contributed by atoms with Crippen molar-refractivity contribution in [3.63, 3.8) is 0 Å². The molecule has 0 aromatic heterocycles. The first kappa shape index (κ1) is 25.0. The molecule has 0 fully saturated rings. The van der Waals surface area contributed by atoms with E-state index in [1.54, 1.807) is 12.1 Å². The number of benzene rings is 1. The lowest BCUT2D eigenvalue weighted by Gasteiger charge is -2.35. The van der Waals surface area contributed by atoms with Gasteiger partial charge in [0, 0.05) is 6.42 Å². The molecule has 0 heterocycles. The number of rotatable bonds is 9. The summed E-state index contributed by atoms with van der Waals surface area (Å²) in [7, 11) is 0. The highest BCUT2D eigenvalue weighted by Crippen LogP contribution is 2.38. The molecule has 1 aromatic rings. The first-order valence-corrected chi connectivity index (χ1v) is 10.5. The van der Waals surface area contributed by atoms with Crippen molar-refractivity contribution in [2.75, 3.05) is 0 Å². The van der Waals surface area contributed by atoms with Crippen molar-refractivity contribution >= 4 is 11.9 Å². The van der Waals surface area contributed by atoms with Gasteiger partial charge >= 0.3 is 11.9 Å². The van der Waals surface area contributed by atoms with Crippen LogP contribution in [-0.2, 0) is 25.5 Å². The molecule has 0 saturated carbocycles. The number of phenolic OH excluding ortho intramolecular Hbond substituents is 1. The van der Waals surface area contributed by atoms with E-state index in [1.165, 1.54) is 0 Å². The Kier molecular flexibility index (Phi) is 8.73. The van der Waals surface area contributed by atoms with Gasteiger partial charge in [-0.25, -0.2) is 0 Å². The maximum absolute atomic E-state index is 13.3. The van der Waals surface area contributed by atoms with E-state index < -0.39 is 16.6 Å². The third-order valence-corrected chi connectivity index (χ3v) is 4.55. The average Bonchev–Trinajstić information content (AvgIpc) is 2.56. The molecule has 0 spiro atoms. The number of unbranched alkanes of at least 4 members (excludes halogenated alkanes) is 1.